The van der Waals surface area contributed by atoms with Crippen molar-refractivity contribution >= 4 is 21.6 Å². The van der Waals surface area contributed by atoms with Gasteiger partial charge in [-0.15, -0.1) is 0 Å². The minimum Gasteiger partial charge on any atom is -0.259 e. The molecule has 1 saturated heterocycles. The summed E-state index contributed by atoms with van der Waals surface area (Å²) in [5.74, 6) is 1.51. The third kappa shape index (κ3) is 1.67. The first kappa shape index (κ1) is 6.42. The van der Waals surface area contributed by atoms with Crippen molar-refractivity contribution in [3.63, 3.8) is 0 Å². The lowest BCUT2D eigenvalue weighted by Crippen LogP contribution is -2.18. The van der Waals surface area contributed by atoms with E-state index in [-0.39, 0.29) is 0 Å². The quantitative estimate of drug-likeness (QED) is 0.483. The topological polar surface area (TPSA) is 34.1 Å². The molecule has 2 atom stereocenters. The second kappa shape index (κ2) is 2.73. The standard InChI is InChI=1S/C4H8O2S2/c5-7-2-1-3-8(6)4-7/h1-4H2/t7-,8-/m0/s1. The van der Waals surface area contributed by atoms with Gasteiger partial charge < -0.3 is 0 Å². The van der Waals surface area contributed by atoms with Gasteiger partial charge in [0.2, 0.25) is 0 Å². The van der Waals surface area contributed by atoms with Gasteiger partial charge in [-0.25, -0.2) is 0 Å². The Kier molecular flexibility index (Phi) is 2.19. The van der Waals surface area contributed by atoms with Crippen LogP contribution in [0.1, 0.15) is 6.42 Å². The van der Waals surface area contributed by atoms with E-state index in [0.717, 1.165) is 17.9 Å². The largest absolute Gasteiger partial charge is 0.259 e. The van der Waals surface area contributed by atoms with E-state index in [2.05, 4.69) is 0 Å². The Balaban J connectivity index is 2.45. The first-order valence-corrected chi connectivity index (χ1v) is 5.46. The van der Waals surface area contributed by atoms with Crippen LogP contribution >= 0.6 is 0 Å². The Labute approximate surface area is 53.6 Å². The lowest BCUT2D eigenvalue weighted by Gasteiger charge is -2.07. The molecule has 48 valence electrons. The van der Waals surface area contributed by atoms with Crippen LogP contribution in [-0.4, -0.2) is 25.0 Å². The van der Waals surface area contributed by atoms with Crippen LogP contribution in [0.2, 0.25) is 0 Å². The average Bonchev–Trinajstić information content (AvgIpc) is 1.64. The third-order valence-corrected chi connectivity index (χ3v) is 4.60. The molecule has 0 spiro atoms. The summed E-state index contributed by atoms with van der Waals surface area (Å²) in [6.07, 6.45) is 0.874. The van der Waals surface area contributed by atoms with Crippen molar-refractivity contribution in [2.24, 2.45) is 0 Å². The van der Waals surface area contributed by atoms with Gasteiger partial charge in [0.15, 0.2) is 0 Å². The van der Waals surface area contributed by atoms with Gasteiger partial charge in [0.25, 0.3) is 0 Å². The van der Waals surface area contributed by atoms with Crippen molar-refractivity contribution in [3.8, 4) is 0 Å². The normalized spacial score (nSPS) is 39.5. The van der Waals surface area contributed by atoms with E-state index in [1.54, 1.807) is 0 Å². The van der Waals surface area contributed by atoms with E-state index < -0.39 is 21.6 Å². The summed E-state index contributed by atoms with van der Waals surface area (Å²) in [7, 11) is -1.54. The maximum Gasteiger partial charge on any atom is 0.0991 e. The van der Waals surface area contributed by atoms with Gasteiger partial charge in [-0.1, -0.05) is 0 Å². The van der Waals surface area contributed by atoms with Crippen molar-refractivity contribution in [2.45, 2.75) is 6.42 Å². The fourth-order valence-electron chi connectivity index (χ4n) is 0.645. The molecule has 2 nitrogen and oxygen atoms in total. The molecule has 0 amide bonds. The maximum atomic E-state index is 10.6. The Bertz CT molecular complexity index is 118. The molecular formula is C4H8O2S2. The average molecular weight is 152 g/mol. The predicted molar refractivity (Wildman–Crippen MR) is 35.5 cm³/mol. The molecule has 1 aliphatic rings. The summed E-state index contributed by atoms with van der Waals surface area (Å²) in [5, 5.41) is 0.417. The molecule has 0 N–H and O–H groups in total. The van der Waals surface area contributed by atoms with E-state index in [1.807, 2.05) is 0 Å². The van der Waals surface area contributed by atoms with E-state index in [0.29, 0.717) is 5.08 Å². The molecule has 0 aliphatic carbocycles. The van der Waals surface area contributed by atoms with Crippen molar-refractivity contribution in [3.05, 3.63) is 0 Å². The van der Waals surface area contributed by atoms with Crippen LogP contribution in [-0.2, 0) is 21.6 Å². The zero-order valence-corrected chi connectivity index (χ0v) is 6.09. The van der Waals surface area contributed by atoms with Crippen molar-refractivity contribution in [1.82, 2.24) is 0 Å². The molecule has 4 heteroatoms. The number of hydrogen-bond acceptors (Lipinski definition) is 2. The Hall–Kier alpha value is 0.300. The molecule has 0 aromatic heterocycles. The van der Waals surface area contributed by atoms with Gasteiger partial charge in [-0.2, -0.15) is 0 Å². The van der Waals surface area contributed by atoms with Crippen LogP contribution in [0.3, 0.4) is 0 Å². The summed E-state index contributed by atoms with van der Waals surface area (Å²) in [6, 6.07) is 0. The summed E-state index contributed by atoms with van der Waals surface area (Å²) in [5.41, 5.74) is 0. The predicted octanol–water partition coefficient (Wildman–Crippen LogP) is -0.155. The SMILES string of the molecule is O=[S@]1CCC[S@](=O)C1. The highest BCUT2D eigenvalue weighted by Crippen LogP contribution is 2.01. The Morgan fingerprint density at radius 1 is 1.00 bits per heavy atom. The summed E-state index contributed by atoms with van der Waals surface area (Å²) < 4.78 is 21.2. The van der Waals surface area contributed by atoms with E-state index in [4.69, 9.17) is 0 Å². The van der Waals surface area contributed by atoms with Crippen molar-refractivity contribution in [1.29, 1.82) is 0 Å². The smallest absolute Gasteiger partial charge is 0.0991 e. The number of rotatable bonds is 0. The second-order valence-electron chi connectivity index (χ2n) is 1.76. The molecule has 0 bridgehead atoms. The van der Waals surface area contributed by atoms with Gasteiger partial charge in [0, 0.05) is 33.1 Å². The molecule has 1 rings (SSSR count). The molecule has 0 saturated carbocycles. The Morgan fingerprint density at radius 3 is 1.75 bits per heavy atom. The minimum absolute atomic E-state index is 0.417. The monoisotopic (exact) mass is 152 g/mol. The molecule has 1 heterocycles. The highest BCUT2D eigenvalue weighted by atomic mass is 32.2. The molecule has 1 aliphatic heterocycles. The third-order valence-electron chi connectivity index (χ3n) is 1.01. The molecule has 0 aromatic carbocycles. The molecule has 1 fully saturated rings. The van der Waals surface area contributed by atoms with Crippen molar-refractivity contribution in [2.75, 3.05) is 16.6 Å². The van der Waals surface area contributed by atoms with Gasteiger partial charge in [0.05, 0.1) is 5.08 Å². The lowest BCUT2D eigenvalue weighted by atomic mass is 10.6. The summed E-state index contributed by atoms with van der Waals surface area (Å²) in [4.78, 5) is 0. The zero-order chi connectivity index (χ0) is 5.98. The van der Waals surface area contributed by atoms with E-state index in [9.17, 15) is 8.42 Å². The maximum absolute atomic E-state index is 10.6. The summed E-state index contributed by atoms with van der Waals surface area (Å²) >= 11 is 0. The van der Waals surface area contributed by atoms with Gasteiger partial charge in [0.1, 0.15) is 0 Å². The van der Waals surface area contributed by atoms with Crippen LogP contribution in [0.5, 0.6) is 0 Å². The van der Waals surface area contributed by atoms with Crippen LogP contribution in [0.15, 0.2) is 0 Å². The molecule has 0 radical (unpaired) electrons. The highest BCUT2D eigenvalue weighted by molar-refractivity contribution is 8.02. The molecule has 8 heavy (non-hydrogen) atoms. The fraction of sp³-hybridized carbons (Fsp3) is 1.00. The Morgan fingerprint density at radius 2 is 1.50 bits per heavy atom. The first-order chi connectivity index (χ1) is 3.79. The lowest BCUT2D eigenvalue weighted by molar-refractivity contribution is 0.673. The molecule has 0 aromatic rings. The first-order valence-electron chi connectivity index (χ1n) is 2.49. The number of hydrogen-bond donors (Lipinski definition) is 0. The molecule has 0 unspecified atom stereocenters. The van der Waals surface area contributed by atoms with Crippen LogP contribution in [0.4, 0.5) is 0 Å². The van der Waals surface area contributed by atoms with E-state index in [1.165, 1.54) is 0 Å². The van der Waals surface area contributed by atoms with Crippen LogP contribution in [0.25, 0.3) is 0 Å². The zero-order valence-electron chi connectivity index (χ0n) is 4.46. The minimum atomic E-state index is -0.770. The van der Waals surface area contributed by atoms with Crippen LogP contribution in [0, 0.1) is 0 Å². The van der Waals surface area contributed by atoms with Crippen molar-refractivity contribution < 1.29 is 8.42 Å². The van der Waals surface area contributed by atoms with Gasteiger partial charge >= 0.3 is 0 Å². The summed E-state index contributed by atoms with van der Waals surface area (Å²) in [6.45, 7) is 0. The highest BCUT2D eigenvalue weighted by Gasteiger charge is 2.11. The van der Waals surface area contributed by atoms with Gasteiger partial charge in [-0.3, -0.25) is 8.42 Å². The van der Waals surface area contributed by atoms with Crippen LogP contribution < -0.4 is 0 Å². The second-order valence-corrected chi connectivity index (χ2v) is 5.28. The molecular weight excluding hydrogens is 144 g/mol. The van der Waals surface area contributed by atoms with Gasteiger partial charge in [-0.05, 0) is 6.42 Å². The van der Waals surface area contributed by atoms with E-state index >= 15 is 0 Å². The fourth-order valence-corrected chi connectivity index (χ4v) is 3.88.